The van der Waals surface area contributed by atoms with E-state index in [0.29, 0.717) is 13.0 Å². The molecule has 6 nitrogen and oxygen atoms in total. The Morgan fingerprint density at radius 1 is 1.55 bits per heavy atom. The van der Waals surface area contributed by atoms with E-state index in [9.17, 15) is 4.79 Å². The van der Waals surface area contributed by atoms with Crippen LogP contribution in [0.4, 0.5) is 5.95 Å². The molecule has 0 fully saturated rings. The van der Waals surface area contributed by atoms with Crippen molar-refractivity contribution in [2.24, 2.45) is 5.73 Å². The Labute approximate surface area is 142 Å². The molecule has 8 heteroatoms. The van der Waals surface area contributed by atoms with Gasteiger partial charge in [0, 0.05) is 4.47 Å². The van der Waals surface area contributed by atoms with Gasteiger partial charge in [0.25, 0.3) is 0 Å². The zero-order valence-electron chi connectivity index (χ0n) is 12.2. The highest BCUT2D eigenvalue weighted by Crippen LogP contribution is 2.12. The summed E-state index contributed by atoms with van der Waals surface area (Å²) in [6.45, 7) is 0.584. The summed E-state index contributed by atoms with van der Waals surface area (Å²) in [7, 11) is 0. The quantitative estimate of drug-likeness (QED) is 0.764. The van der Waals surface area contributed by atoms with Crippen molar-refractivity contribution < 1.29 is 4.79 Å². The van der Waals surface area contributed by atoms with Gasteiger partial charge in [-0.3, -0.25) is 10.1 Å². The molecule has 2 aromatic rings. The third kappa shape index (κ3) is 5.11. The van der Waals surface area contributed by atoms with Gasteiger partial charge in [0.05, 0.1) is 12.6 Å². The van der Waals surface area contributed by atoms with Gasteiger partial charge in [-0.25, -0.2) is 9.67 Å². The molecule has 1 amide bonds. The van der Waals surface area contributed by atoms with Crippen LogP contribution in [0.2, 0.25) is 0 Å². The molecule has 0 saturated carbocycles. The van der Waals surface area contributed by atoms with E-state index in [2.05, 4.69) is 31.3 Å². The average molecular weight is 384 g/mol. The Kier molecular flexibility index (Phi) is 6.41. The second-order valence-corrected chi connectivity index (χ2v) is 6.67. The fourth-order valence-corrected chi connectivity index (χ4v) is 2.77. The predicted molar refractivity (Wildman–Crippen MR) is 92.9 cm³/mol. The topological polar surface area (TPSA) is 85.8 Å². The summed E-state index contributed by atoms with van der Waals surface area (Å²) in [5.74, 6) is 0.869. The summed E-state index contributed by atoms with van der Waals surface area (Å²) in [6, 6.07) is 7.40. The number of nitrogens with two attached hydrogens (primary N) is 1. The van der Waals surface area contributed by atoms with Crippen LogP contribution in [0.1, 0.15) is 12.0 Å². The first-order chi connectivity index (χ1) is 10.6. The SMILES string of the molecule is CSCC[C@H](N)C(=O)Nc1ncn(Cc2cccc(Br)c2)n1. The van der Waals surface area contributed by atoms with Crippen LogP contribution in [-0.2, 0) is 11.3 Å². The third-order valence-corrected chi connectivity index (χ3v) is 4.11. The molecule has 0 saturated heterocycles. The van der Waals surface area contributed by atoms with Crippen LogP contribution in [0.15, 0.2) is 35.1 Å². The Morgan fingerprint density at radius 2 is 2.36 bits per heavy atom. The molecule has 0 aliphatic heterocycles. The van der Waals surface area contributed by atoms with E-state index >= 15 is 0 Å². The smallest absolute Gasteiger partial charge is 0.248 e. The summed E-state index contributed by atoms with van der Waals surface area (Å²) >= 11 is 5.09. The van der Waals surface area contributed by atoms with Crippen molar-refractivity contribution in [3.63, 3.8) is 0 Å². The van der Waals surface area contributed by atoms with Gasteiger partial charge in [-0.05, 0) is 36.1 Å². The summed E-state index contributed by atoms with van der Waals surface area (Å²) in [5, 5.41) is 6.88. The molecule has 22 heavy (non-hydrogen) atoms. The molecule has 0 aliphatic rings. The molecule has 0 unspecified atom stereocenters. The largest absolute Gasteiger partial charge is 0.320 e. The second-order valence-electron chi connectivity index (χ2n) is 4.77. The number of aromatic nitrogens is 3. The van der Waals surface area contributed by atoms with E-state index in [0.717, 1.165) is 15.8 Å². The van der Waals surface area contributed by atoms with E-state index in [1.165, 1.54) is 0 Å². The summed E-state index contributed by atoms with van der Waals surface area (Å²) < 4.78 is 2.68. The Balaban J connectivity index is 1.92. The van der Waals surface area contributed by atoms with Gasteiger partial charge in [-0.2, -0.15) is 11.8 Å². The van der Waals surface area contributed by atoms with Gasteiger partial charge in [0.1, 0.15) is 6.33 Å². The van der Waals surface area contributed by atoms with Crippen LogP contribution in [0.5, 0.6) is 0 Å². The number of halogens is 1. The Hall–Kier alpha value is -1.38. The normalized spacial score (nSPS) is 12.1. The first-order valence-electron chi connectivity index (χ1n) is 6.78. The van der Waals surface area contributed by atoms with Gasteiger partial charge in [0.2, 0.25) is 11.9 Å². The van der Waals surface area contributed by atoms with Crippen molar-refractivity contribution in [1.82, 2.24) is 14.8 Å². The van der Waals surface area contributed by atoms with Gasteiger partial charge in [0.15, 0.2) is 0 Å². The van der Waals surface area contributed by atoms with Crippen molar-refractivity contribution >= 4 is 39.5 Å². The minimum absolute atomic E-state index is 0.255. The molecule has 118 valence electrons. The number of anilines is 1. The maximum atomic E-state index is 11.9. The molecule has 3 N–H and O–H groups in total. The zero-order chi connectivity index (χ0) is 15.9. The maximum absolute atomic E-state index is 11.9. The molecule has 1 aromatic carbocycles. The molecular formula is C14H18BrN5OS. The molecule has 0 spiro atoms. The van der Waals surface area contributed by atoms with Crippen LogP contribution in [0.25, 0.3) is 0 Å². The van der Waals surface area contributed by atoms with Crippen LogP contribution < -0.4 is 11.1 Å². The fraction of sp³-hybridized carbons (Fsp3) is 0.357. The van der Waals surface area contributed by atoms with E-state index in [4.69, 9.17) is 5.73 Å². The van der Waals surface area contributed by atoms with Crippen molar-refractivity contribution in [1.29, 1.82) is 0 Å². The van der Waals surface area contributed by atoms with Gasteiger partial charge < -0.3 is 5.73 Å². The summed E-state index contributed by atoms with van der Waals surface area (Å²) in [6.07, 6.45) is 4.20. The highest BCUT2D eigenvalue weighted by molar-refractivity contribution is 9.10. The molecule has 0 aliphatic carbocycles. The van der Waals surface area contributed by atoms with E-state index in [1.807, 2.05) is 30.5 Å². The van der Waals surface area contributed by atoms with Crippen molar-refractivity contribution in [2.45, 2.75) is 19.0 Å². The molecule has 0 radical (unpaired) electrons. The lowest BCUT2D eigenvalue weighted by Gasteiger charge is -2.09. The van der Waals surface area contributed by atoms with Crippen LogP contribution in [-0.4, -0.2) is 38.7 Å². The molecule has 1 aromatic heterocycles. The lowest BCUT2D eigenvalue weighted by atomic mass is 10.2. The average Bonchev–Trinajstić information content (AvgIpc) is 2.91. The first kappa shape index (κ1) is 17.0. The Bertz CT molecular complexity index is 633. The number of carbonyl (C=O) groups excluding carboxylic acids is 1. The minimum atomic E-state index is -0.538. The molecular weight excluding hydrogens is 366 g/mol. The number of nitrogens with one attached hydrogen (secondary N) is 1. The number of rotatable bonds is 7. The van der Waals surface area contributed by atoms with Crippen LogP contribution >= 0.6 is 27.7 Å². The molecule has 1 heterocycles. The number of thioether (sulfide) groups is 1. The fourth-order valence-electron chi connectivity index (χ4n) is 1.83. The molecule has 1 atom stereocenters. The Morgan fingerprint density at radius 3 is 3.09 bits per heavy atom. The number of nitrogens with zero attached hydrogens (tertiary/aromatic N) is 3. The van der Waals surface area contributed by atoms with Gasteiger partial charge >= 0.3 is 0 Å². The van der Waals surface area contributed by atoms with Gasteiger partial charge in [-0.15, -0.1) is 5.10 Å². The first-order valence-corrected chi connectivity index (χ1v) is 8.96. The second kappa shape index (κ2) is 8.30. The van der Waals surface area contributed by atoms with E-state index in [-0.39, 0.29) is 11.9 Å². The van der Waals surface area contributed by atoms with Crippen LogP contribution in [0, 0.1) is 0 Å². The monoisotopic (exact) mass is 383 g/mol. The number of carbonyl (C=O) groups is 1. The minimum Gasteiger partial charge on any atom is -0.320 e. The van der Waals surface area contributed by atoms with Crippen molar-refractivity contribution in [3.05, 3.63) is 40.6 Å². The number of hydrogen-bond donors (Lipinski definition) is 2. The molecule has 2 rings (SSSR count). The lowest BCUT2D eigenvalue weighted by molar-refractivity contribution is -0.117. The number of amides is 1. The molecule has 0 bridgehead atoms. The summed E-state index contributed by atoms with van der Waals surface area (Å²) in [5.41, 5.74) is 6.90. The van der Waals surface area contributed by atoms with E-state index < -0.39 is 6.04 Å². The summed E-state index contributed by atoms with van der Waals surface area (Å²) in [4.78, 5) is 16.0. The van der Waals surface area contributed by atoms with E-state index in [1.54, 1.807) is 22.8 Å². The zero-order valence-corrected chi connectivity index (χ0v) is 14.6. The number of hydrogen-bond acceptors (Lipinski definition) is 5. The maximum Gasteiger partial charge on any atom is 0.248 e. The number of benzene rings is 1. The highest BCUT2D eigenvalue weighted by Gasteiger charge is 2.14. The predicted octanol–water partition coefficient (Wildman–Crippen LogP) is 2.11. The standard InChI is InChI=1S/C14H18BrN5OS/c1-22-6-5-12(16)13(21)18-14-17-9-20(19-14)8-10-3-2-4-11(15)7-10/h2-4,7,9,12H,5-6,8,16H2,1H3,(H,18,19,21)/t12-/m0/s1. The van der Waals surface area contributed by atoms with Crippen molar-refractivity contribution in [2.75, 3.05) is 17.3 Å². The highest BCUT2D eigenvalue weighted by atomic mass is 79.9. The van der Waals surface area contributed by atoms with Crippen LogP contribution in [0.3, 0.4) is 0 Å². The van der Waals surface area contributed by atoms with Gasteiger partial charge in [-0.1, -0.05) is 28.1 Å². The van der Waals surface area contributed by atoms with Crippen molar-refractivity contribution in [3.8, 4) is 0 Å². The lowest BCUT2D eigenvalue weighted by Crippen LogP contribution is -2.36. The third-order valence-electron chi connectivity index (χ3n) is 2.97.